The average molecular weight is 306 g/mol. The Hall–Kier alpha value is -1.01. The molecule has 1 heterocycles. The van der Waals surface area contributed by atoms with Crippen LogP contribution in [0.25, 0.3) is 0 Å². The van der Waals surface area contributed by atoms with Gasteiger partial charge in [-0.05, 0) is 12.1 Å². The van der Waals surface area contributed by atoms with E-state index in [9.17, 15) is 18.7 Å². The van der Waals surface area contributed by atoms with Crippen LogP contribution in [-0.4, -0.2) is 35.4 Å². The molecule has 0 bridgehead atoms. The van der Waals surface area contributed by atoms with E-state index in [1.165, 1.54) is 25.2 Å². The Balaban J connectivity index is 2.58. The van der Waals surface area contributed by atoms with Crippen molar-refractivity contribution in [3.63, 3.8) is 0 Å². The monoisotopic (exact) mass is 305 g/mol. The van der Waals surface area contributed by atoms with Crippen molar-refractivity contribution in [2.45, 2.75) is 11.5 Å². The molecule has 1 aliphatic heterocycles. The molecule has 17 heavy (non-hydrogen) atoms. The summed E-state index contributed by atoms with van der Waals surface area (Å²) in [5, 5.41) is 10.1. The van der Waals surface area contributed by atoms with Crippen molar-refractivity contribution in [3.8, 4) is 0 Å². The number of alkyl halides is 2. The van der Waals surface area contributed by atoms with Crippen molar-refractivity contribution in [3.05, 3.63) is 34.3 Å². The highest BCUT2D eigenvalue weighted by Crippen LogP contribution is 2.44. The molecule has 2 rings (SSSR count). The molecule has 1 aromatic rings. The third-order valence-electron chi connectivity index (χ3n) is 2.86. The Morgan fingerprint density at radius 2 is 2.12 bits per heavy atom. The van der Waals surface area contributed by atoms with Crippen LogP contribution in [0.4, 0.5) is 8.78 Å². The van der Waals surface area contributed by atoms with Crippen molar-refractivity contribution >= 4 is 21.8 Å². The predicted octanol–water partition coefficient (Wildman–Crippen LogP) is 1.74. The predicted molar refractivity (Wildman–Crippen MR) is 60.6 cm³/mol. The number of halogens is 3. The zero-order chi connectivity index (χ0) is 12.8. The number of carbonyl (C=O) groups is 1. The lowest BCUT2D eigenvalue weighted by molar-refractivity contribution is -0.173. The standard InChI is InChI=1S/C11H10BrF2NO2/c1-15-6-10(13,14)11(17,9(15)16)7-3-2-4-8(12)5-7/h2-5,17H,6H2,1H3. The number of likely N-dealkylation sites (N-methyl/N-ethyl adjacent to an activating group) is 1. The van der Waals surface area contributed by atoms with E-state index in [1.54, 1.807) is 6.07 Å². The lowest BCUT2D eigenvalue weighted by Crippen LogP contribution is -2.47. The Morgan fingerprint density at radius 3 is 2.59 bits per heavy atom. The van der Waals surface area contributed by atoms with Gasteiger partial charge in [-0.3, -0.25) is 4.79 Å². The Kier molecular flexibility index (Phi) is 2.74. The van der Waals surface area contributed by atoms with Crippen LogP contribution in [0.5, 0.6) is 0 Å². The highest BCUT2D eigenvalue weighted by molar-refractivity contribution is 9.10. The molecule has 1 N–H and O–H groups in total. The maximum Gasteiger partial charge on any atom is 0.306 e. The van der Waals surface area contributed by atoms with E-state index in [0.29, 0.717) is 4.47 Å². The molecule has 1 aliphatic rings. The fourth-order valence-corrected chi connectivity index (χ4v) is 2.36. The molecule has 0 aromatic heterocycles. The second kappa shape index (κ2) is 3.74. The van der Waals surface area contributed by atoms with Crippen molar-refractivity contribution in [1.29, 1.82) is 0 Å². The van der Waals surface area contributed by atoms with Crippen LogP contribution in [0.15, 0.2) is 28.7 Å². The van der Waals surface area contributed by atoms with E-state index in [4.69, 9.17) is 0 Å². The SMILES string of the molecule is CN1CC(F)(F)C(O)(c2cccc(Br)c2)C1=O. The second-order valence-electron chi connectivity index (χ2n) is 4.09. The van der Waals surface area contributed by atoms with E-state index in [-0.39, 0.29) is 5.56 Å². The normalized spacial score (nSPS) is 27.6. The van der Waals surface area contributed by atoms with E-state index >= 15 is 0 Å². The van der Waals surface area contributed by atoms with Gasteiger partial charge < -0.3 is 10.0 Å². The zero-order valence-corrected chi connectivity index (χ0v) is 10.5. The molecular weight excluding hydrogens is 296 g/mol. The van der Waals surface area contributed by atoms with Crippen molar-refractivity contribution in [2.75, 3.05) is 13.6 Å². The summed E-state index contributed by atoms with van der Waals surface area (Å²) in [4.78, 5) is 12.6. The molecule has 0 radical (unpaired) electrons. The van der Waals surface area contributed by atoms with Gasteiger partial charge in [0.1, 0.15) is 0 Å². The van der Waals surface area contributed by atoms with Gasteiger partial charge in [0.15, 0.2) is 0 Å². The lowest BCUT2D eigenvalue weighted by atomic mass is 9.89. The van der Waals surface area contributed by atoms with Gasteiger partial charge >= 0.3 is 5.92 Å². The molecule has 1 amide bonds. The number of carbonyl (C=O) groups excluding carboxylic acids is 1. The third-order valence-corrected chi connectivity index (χ3v) is 3.36. The van der Waals surface area contributed by atoms with E-state index in [0.717, 1.165) is 4.90 Å². The average Bonchev–Trinajstić information content (AvgIpc) is 2.40. The van der Waals surface area contributed by atoms with E-state index in [1.807, 2.05) is 0 Å². The molecule has 1 aromatic carbocycles. The molecule has 0 spiro atoms. The number of benzene rings is 1. The molecule has 3 nitrogen and oxygen atoms in total. The number of aliphatic hydroxyl groups is 1. The van der Waals surface area contributed by atoms with Crippen molar-refractivity contribution in [2.24, 2.45) is 0 Å². The van der Waals surface area contributed by atoms with Crippen LogP contribution in [0.1, 0.15) is 5.56 Å². The second-order valence-corrected chi connectivity index (χ2v) is 5.00. The molecule has 1 atom stereocenters. The summed E-state index contributed by atoms with van der Waals surface area (Å²) in [5.74, 6) is -4.49. The summed E-state index contributed by atoms with van der Waals surface area (Å²) < 4.78 is 28.1. The topological polar surface area (TPSA) is 40.5 Å². The molecule has 0 aliphatic carbocycles. The van der Waals surface area contributed by atoms with Gasteiger partial charge in [-0.15, -0.1) is 0 Å². The maximum absolute atomic E-state index is 13.8. The smallest absolute Gasteiger partial charge is 0.306 e. The number of hydrogen-bond donors (Lipinski definition) is 1. The fourth-order valence-electron chi connectivity index (χ4n) is 1.96. The van der Waals surface area contributed by atoms with Crippen LogP contribution in [0.2, 0.25) is 0 Å². The van der Waals surface area contributed by atoms with Gasteiger partial charge in [0.2, 0.25) is 5.60 Å². The van der Waals surface area contributed by atoms with Crippen molar-refractivity contribution in [1.82, 2.24) is 4.90 Å². The van der Waals surface area contributed by atoms with Gasteiger partial charge in [0.05, 0.1) is 6.54 Å². The van der Waals surface area contributed by atoms with Crippen LogP contribution in [-0.2, 0) is 10.4 Å². The van der Waals surface area contributed by atoms with Crippen LogP contribution < -0.4 is 0 Å². The molecule has 1 unspecified atom stereocenters. The van der Waals surface area contributed by atoms with Gasteiger partial charge in [0.25, 0.3) is 5.91 Å². The highest BCUT2D eigenvalue weighted by atomic mass is 79.9. The largest absolute Gasteiger partial charge is 0.371 e. The number of amides is 1. The molecule has 0 saturated carbocycles. The third kappa shape index (κ3) is 1.66. The Morgan fingerprint density at radius 1 is 1.47 bits per heavy atom. The summed E-state index contributed by atoms with van der Waals surface area (Å²) in [6, 6.07) is 5.77. The molecular formula is C11H10BrF2NO2. The van der Waals surface area contributed by atoms with Gasteiger partial charge in [-0.1, -0.05) is 28.1 Å². The fraction of sp³-hybridized carbons (Fsp3) is 0.364. The van der Waals surface area contributed by atoms with Crippen LogP contribution in [0, 0.1) is 0 Å². The first-order valence-corrected chi connectivity index (χ1v) is 5.70. The van der Waals surface area contributed by atoms with Crippen molar-refractivity contribution < 1.29 is 18.7 Å². The number of hydrogen-bond acceptors (Lipinski definition) is 2. The summed E-state index contributed by atoms with van der Waals surface area (Å²) in [6.45, 7) is -0.783. The molecule has 6 heteroatoms. The Bertz CT molecular complexity index is 480. The number of nitrogens with zero attached hydrogens (tertiary/aromatic N) is 1. The first kappa shape index (κ1) is 12.4. The molecule has 1 fully saturated rings. The summed E-state index contributed by atoms with van der Waals surface area (Å²) in [5.41, 5.74) is -2.88. The number of rotatable bonds is 1. The maximum atomic E-state index is 13.8. The molecule has 92 valence electrons. The van der Waals surface area contributed by atoms with E-state index < -0.39 is 24.0 Å². The number of likely N-dealkylation sites (tertiary alicyclic amines) is 1. The van der Waals surface area contributed by atoms with Crippen LogP contribution >= 0.6 is 15.9 Å². The van der Waals surface area contributed by atoms with E-state index in [2.05, 4.69) is 15.9 Å². The highest BCUT2D eigenvalue weighted by Gasteiger charge is 2.66. The van der Waals surface area contributed by atoms with Crippen LogP contribution in [0.3, 0.4) is 0 Å². The lowest BCUT2D eigenvalue weighted by Gasteiger charge is -2.26. The summed E-state index contributed by atoms with van der Waals surface area (Å²) in [6.07, 6.45) is 0. The summed E-state index contributed by atoms with van der Waals surface area (Å²) >= 11 is 3.13. The summed E-state index contributed by atoms with van der Waals surface area (Å²) in [7, 11) is 1.24. The first-order chi connectivity index (χ1) is 7.79. The van der Waals surface area contributed by atoms with Gasteiger partial charge in [-0.2, -0.15) is 0 Å². The zero-order valence-electron chi connectivity index (χ0n) is 8.95. The minimum absolute atomic E-state index is 0.105. The Labute approximate surface area is 105 Å². The molecule has 1 saturated heterocycles. The minimum Gasteiger partial charge on any atom is -0.371 e. The quantitative estimate of drug-likeness (QED) is 0.858. The first-order valence-electron chi connectivity index (χ1n) is 4.91. The van der Waals surface area contributed by atoms with Gasteiger partial charge in [0, 0.05) is 17.1 Å². The van der Waals surface area contributed by atoms with Gasteiger partial charge in [-0.25, -0.2) is 8.78 Å². The minimum atomic E-state index is -3.50.